The molecule has 0 bridgehead atoms. The number of aromatic nitrogens is 2. The molecule has 3 rings (SSSR count). The Morgan fingerprint density at radius 3 is 2.82 bits per heavy atom. The summed E-state index contributed by atoms with van der Waals surface area (Å²) in [5.74, 6) is 6.70. The maximum atomic E-state index is 11.6. The summed E-state index contributed by atoms with van der Waals surface area (Å²) >= 11 is 0. The number of imidazole rings is 1. The lowest BCUT2D eigenvalue weighted by Gasteiger charge is -2.14. The Labute approximate surface area is 164 Å². The Kier molecular flexibility index (Phi) is 5.85. The Morgan fingerprint density at radius 1 is 1.25 bits per heavy atom. The topological polar surface area (TPSA) is 64.9 Å². The standard InChI is InChI=1S/C22H23N3O3/c1-5-6-11-19-16(3)23-21-20(12-8-13-25(19)21)28-14-17-15(2)9-7-10-18(17)24-22(26)27-4/h7-10,12-13H,11,14H2,1-4H3,(H,24,26). The number of nitrogens with zero attached hydrogens (tertiary/aromatic N) is 2. The zero-order valence-corrected chi connectivity index (χ0v) is 16.5. The molecule has 144 valence electrons. The van der Waals surface area contributed by atoms with Gasteiger partial charge in [-0.2, -0.15) is 0 Å². The molecular formula is C22H23N3O3. The number of benzene rings is 1. The lowest BCUT2D eigenvalue weighted by atomic mass is 10.1. The molecule has 1 amide bonds. The van der Waals surface area contributed by atoms with Crippen LogP contribution in [0, 0.1) is 25.7 Å². The number of pyridine rings is 1. The minimum absolute atomic E-state index is 0.293. The van der Waals surface area contributed by atoms with E-state index in [9.17, 15) is 4.79 Å². The van der Waals surface area contributed by atoms with E-state index in [0.29, 0.717) is 24.5 Å². The van der Waals surface area contributed by atoms with Crippen molar-refractivity contribution < 1.29 is 14.3 Å². The number of hydrogen-bond acceptors (Lipinski definition) is 4. The number of hydrogen-bond donors (Lipinski definition) is 1. The average molecular weight is 377 g/mol. The first-order chi connectivity index (χ1) is 13.5. The zero-order valence-electron chi connectivity index (χ0n) is 16.5. The number of ether oxygens (including phenoxy) is 2. The highest BCUT2D eigenvalue weighted by atomic mass is 16.5. The zero-order chi connectivity index (χ0) is 20.1. The van der Waals surface area contributed by atoms with Gasteiger partial charge in [0.2, 0.25) is 0 Å². The van der Waals surface area contributed by atoms with Gasteiger partial charge in [-0.05, 0) is 44.5 Å². The first-order valence-electron chi connectivity index (χ1n) is 8.97. The molecule has 0 radical (unpaired) electrons. The van der Waals surface area contributed by atoms with Crippen molar-refractivity contribution in [2.24, 2.45) is 0 Å². The highest BCUT2D eigenvalue weighted by Gasteiger charge is 2.14. The first kappa shape index (κ1) is 19.3. The smallest absolute Gasteiger partial charge is 0.411 e. The van der Waals surface area contributed by atoms with E-state index in [-0.39, 0.29) is 0 Å². The van der Waals surface area contributed by atoms with Gasteiger partial charge in [-0.25, -0.2) is 9.78 Å². The molecule has 6 nitrogen and oxygen atoms in total. The molecule has 3 aromatic rings. The number of aryl methyl sites for hydroxylation is 2. The first-order valence-corrected chi connectivity index (χ1v) is 8.97. The molecule has 0 unspecified atom stereocenters. The van der Waals surface area contributed by atoms with E-state index in [0.717, 1.165) is 28.2 Å². The van der Waals surface area contributed by atoms with E-state index in [1.165, 1.54) is 7.11 Å². The van der Waals surface area contributed by atoms with Crippen LogP contribution >= 0.6 is 0 Å². The summed E-state index contributed by atoms with van der Waals surface area (Å²) in [7, 11) is 1.34. The molecule has 0 spiro atoms. The number of fused-ring (bicyclic) bond motifs is 1. The van der Waals surface area contributed by atoms with Crippen molar-refractivity contribution in [2.75, 3.05) is 12.4 Å². The Morgan fingerprint density at radius 2 is 2.07 bits per heavy atom. The van der Waals surface area contributed by atoms with Gasteiger partial charge in [0, 0.05) is 11.8 Å². The number of rotatable bonds is 5. The normalized spacial score (nSPS) is 10.3. The van der Waals surface area contributed by atoms with Gasteiger partial charge in [0.15, 0.2) is 11.4 Å². The molecule has 0 saturated heterocycles. The number of carbonyl (C=O) groups is 1. The third-order valence-electron chi connectivity index (χ3n) is 4.55. The molecule has 1 aromatic carbocycles. The number of nitrogens with one attached hydrogen (secondary N) is 1. The van der Waals surface area contributed by atoms with Crippen LogP contribution in [-0.4, -0.2) is 22.6 Å². The molecule has 2 heterocycles. The second kappa shape index (κ2) is 8.49. The Bertz CT molecular complexity index is 1070. The highest BCUT2D eigenvalue weighted by Crippen LogP contribution is 2.26. The van der Waals surface area contributed by atoms with Crippen molar-refractivity contribution in [1.82, 2.24) is 9.38 Å². The summed E-state index contributed by atoms with van der Waals surface area (Å²) in [5, 5.41) is 2.73. The molecular weight excluding hydrogens is 354 g/mol. The molecule has 0 saturated carbocycles. The van der Waals surface area contributed by atoms with Crippen molar-refractivity contribution in [2.45, 2.75) is 33.8 Å². The Hall–Kier alpha value is -3.46. The third-order valence-corrected chi connectivity index (χ3v) is 4.55. The van der Waals surface area contributed by atoms with Gasteiger partial charge >= 0.3 is 6.09 Å². The van der Waals surface area contributed by atoms with Gasteiger partial charge in [0.1, 0.15) is 6.61 Å². The summed E-state index contributed by atoms with van der Waals surface area (Å²) in [6.45, 7) is 6.07. The Balaban J connectivity index is 1.90. The fraction of sp³-hybridized carbons (Fsp3) is 0.273. The van der Waals surface area contributed by atoms with Gasteiger partial charge < -0.3 is 9.47 Å². The monoisotopic (exact) mass is 377 g/mol. The summed E-state index contributed by atoms with van der Waals surface area (Å²) in [5.41, 5.74) is 5.30. The largest absolute Gasteiger partial charge is 0.485 e. The van der Waals surface area contributed by atoms with E-state index >= 15 is 0 Å². The minimum atomic E-state index is -0.514. The van der Waals surface area contributed by atoms with Crippen LogP contribution in [0.25, 0.3) is 5.65 Å². The molecule has 0 aliphatic rings. The fourth-order valence-electron chi connectivity index (χ4n) is 3.02. The van der Waals surface area contributed by atoms with E-state index in [2.05, 4.69) is 22.1 Å². The fourth-order valence-corrected chi connectivity index (χ4v) is 3.02. The van der Waals surface area contributed by atoms with Crippen molar-refractivity contribution in [3.63, 3.8) is 0 Å². The quantitative estimate of drug-likeness (QED) is 0.674. The summed E-state index contributed by atoms with van der Waals surface area (Å²) < 4.78 is 12.8. The molecule has 6 heteroatoms. The van der Waals surface area contributed by atoms with Gasteiger partial charge in [-0.15, -0.1) is 5.92 Å². The van der Waals surface area contributed by atoms with Crippen LogP contribution < -0.4 is 10.1 Å². The van der Waals surface area contributed by atoms with Gasteiger partial charge in [0.25, 0.3) is 0 Å². The molecule has 0 fully saturated rings. The van der Waals surface area contributed by atoms with Crippen molar-refractivity contribution >= 4 is 17.4 Å². The summed E-state index contributed by atoms with van der Waals surface area (Å²) in [6, 6.07) is 9.50. The van der Waals surface area contributed by atoms with E-state index in [1.807, 2.05) is 61.7 Å². The predicted molar refractivity (Wildman–Crippen MR) is 109 cm³/mol. The maximum absolute atomic E-state index is 11.6. The maximum Gasteiger partial charge on any atom is 0.411 e. The van der Waals surface area contributed by atoms with Crippen LogP contribution in [0.1, 0.15) is 29.4 Å². The predicted octanol–water partition coefficient (Wildman–Crippen LogP) is 4.27. The SMILES string of the molecule is CC#CCc1c(C)nc2c(OCc3c(C)cccc3NC(=O)OC)cccn12. The van der Waals surface area contributed by atoms with E-state index in [1.54, 1.807) is 0 Å². The molecule has 1 N–H and O–H groups in total. The molecule has 0 atom stereocenters. The van der Waals surface area contributed by atoms with Crippen molar-refractivity contribution in [3.05, 3.63) is 59.0 Å². The van der Waals surface area contributed by atoms with Crippen LogP contribution in [0.15, 0.2) is 36.5 Å². The van der Waals surface area contributed by atoms with Crippen molar-refractivity contribution in [3.8, 4) is 17.6 Å². The lowest BCUT2D eigenvalue weighted by Crippen LogP contribution is -2.14. The van der Waals surface area contributed by atoms with E-state index < -0.39 is 6.09 Å². The number of methoxy groups -OCH3 is 1. The second-order valence-electron chi connectivity index (χ2n) is 6.32. The molecule has 28 heavy (non-hydrogen) atoms. The summed E-state index contributed by atoms with van der Waals surface area (Å²) in [4.78, 5) is 16.3. The summed E-state index contributed by atoms with van der Waals surface area (Å²) in [6.07, 6.45) is 2.09. The average Bonchev–Trinajstić information content (AvgIpc) is 3.01. The molecule has 0 aliphatic heterocycles. The number of anilines is 1. The number of carbonyl (C=O) groups excluding carboxylic acids is 1. The molecule has 0 aliphatic carbocycles. The molecule has 2 aromatic heterocycles. The lowest BCUT2D eigenvalue weighted by molar-refractivity contribution is 0.187. The highest BCUT2D eigenvalue weighted by molar-refractivity contribution is 5.85. The van der Waals surface area contributed by atoms with E-state index in [4.69, 9.17) is 9.47 Å². The van der Waals surface area contributed by atoms with Gasteiger partial charge in [0.05, 0.1) is 30.6 Å². The van der Waals surface area contributed by atoms with Crippen LogP contribution in [0.3, 0.4) is 0 Å². The second-order valence-corrected chi connectivity index (χ2v) is 6.32. The van der Waals surface area contributed by atoms with Gasteiger partial charge in [-0.1, -0.05) is 18.1 Å². The van der Waals surface area contributed by atoms with Gasteiger partial charge in [-0.3, -0.25) is 9.72 Å². The van der Waals surface area contributed by atoms with Crippen LogP contribution in [-0.2, 0) is 17.8 Å². The van der Waals surface area contributed by atoms with Crippen LogP contribution in [0.5, 0.6) is 5.75 Å². The number of amides is 1. The minimum Gasteiger partial charge on any atom is -0.485 e. The van der Waals surface area contributed by atoms with Crippen molar-refractivity contribution in [1.29, 1.82) is 0 Å². The van der Waals surface area contributed by atoms with Crippen LogP contribution in [0.2, 0.25) is 0 Å². The van der Waals surface area contributed by atoms with Crippen LogP contribution in [0.4, 0.5) is 10.5 Å². The third kappa shape index (κ3) is 3.94.